The Labute approximate surface area is 106 Å². The second-order valence-electron chi connectivity index (χ2n) is 3.44. The van der Waals surface area contributed by atoms with Gasteiger partial charge in [0.1, 0.15) is 5.82 Å². The predicted octanol–water partition coefficient (Wildman–Crippen LogP) is 0.985. The van der Waals surface area contributed by atoms with E-state index in [1.54, 1.807) is 13.2 Å². The van der Waals surface area contributed by atoms with Crippen LogP contribution in [0.5, 0.6) is 0 Å². The molecule has 2 N–H and O–H groups in total. The number of nitrogen functional groups attached to an aromatic ring is 1. The molecule has 1 unspecified atom stereocenters. The molecule has 0 spiro atoms. The van der Waals surface area contributed by atoms with E-state index in [1.165, 1.54) is 4.57 Å². The van der Waals surface area contributed by atoms with Crippen molar-refractivity contribution in [1.29, 1.82) is 10.5 Å². The zero-order chi connectivity index (χ0) is 14.1. The van der Waals surface area contributed by atoms with Gasteiger partial charge in [0.25, 0.3) is 0 Å². The smallest absolute Gasteiger partial charge is 0.349 e. The Hall–Kier alpha value is -2.34. The lowest BCUT2D eigenvalue weighted by Crippen LogP contribution is -2.22. The minimum absolute atomic E-state index is 0.126. The number of aromatic nitrogens is 2. The van der Waals surface area contributed by atoms with E-state index < -0.39 is 11.6 Å². The van der Waals surface area contributed by atoms with Gasteiger partial charge in [-0.1, -0.05) is 13.8 Å². The lowest BCUT2D eigenvalue weighted by molar-refractivity contribution is 0.667. The van der Waals surface area contributed by atoms with E-state index in [0.717, 1.165) is 0 Å². The van der Waals surface area contributed by atoms with Gasteiger partial charge < -0.3 is 10.3 Å². The Morgan fingerprint density at radius 3 is 2.61 bits per heavy atom. The largest absolute Gasteiger partial charge is 0.383 e. The van der Waals surface area contributed by atoms with Gasteiger partial charge in [-0.3, -0.25) is 0 Å². The summed E-state index contributed by atoms with van der Waals surface area (Å²) in [4.78, 5) is 14.7. The quantitative estimate of drug-likeness (QED) is 0.856. The van der Waals surface area contributed by atoms with Crippen molar-refractivity contribution in [1.82, 2.24) is 9.55 Å². The van der Waals surface area contributed by atoms with Gasteiger partial charge in [0.2, 0.25) is 0 Å². The number of nitrogens with two attached hydrogens (primary N) is 1. The first-order valence-corrected chi connectivity index (χ1v) is 5.67. The molecule has 0 saturated carbocycles. The van der Waals surface area contributed by atoms with Crippen LogP contribution in [0.4, 0.5) is 5.82 Å². The average Bonchev–Trinajstić information content (AvgIpc) is 2.37. The SMILES string of the molecule is CC.Cn1cc(CC(C#N)CC#N)c(N)nc1=O. The van der Waals surface area contributed by atoms with Crippen molar-refractivity contribution < 1.29 is 0 Å². The highest BCUT2D eigenvalue weighted by atomic mass is 16.1. The van der Waals surface area contributed by atoms with Crippen LogP contribution in [0.3, 0.4) is 0 Å². The zero-order valence-electron chi connectivity index (χ0n) is 10.8. The zero-order valence-corrected chi connectivity index (χ0v) is 10.8. The summed E-state index contributed by atoms with van der Waals surface area (Å²) in [6, 6.07) is 3.95. The fourth-order valence-electron chi connectivity index (χ4n) is 1.31. The number of nitrogens with zero attached hydrogens (tertiary/aromatic N) is 4. The van der Waals surface area contributed by atoms with Crippen molar-refractivity contribution in [2.24, 2.45) is 13.0 Å². The average molecular weight is 247 g/mol. The van der Waals surface area contributed by atoms with E-state index in [2.05, 4.69) is 4.98 Å². The van der Waals surface area contributed by atoms with E-state index in [1.807, 2.05) is 26.0 Å². The summed E-state index contributed by atoms with van der Waals surface area (Å²) in [5.41, 5.74) is 5.75. The first-order chi connectivity index (χ1) is 8.58. The maximum absolute atomic E-state index is 11.1. The number of nitriles is 2. The standard InChI is InChI=1S/C10H11N5O.C2H6/c1-15-6-8(9(13)14-10(15)16)4-7(5-12)2-3-11;1-2/h6-7H,2,4H2,1H3,(H2,13,14,16);1-2H3. The Bertz CT molecular complexity index is 521. The van der Waals surface area contributed by atoms with Crippen LogP contribution in [-0.4, -0.2) is 9.55 Å². The lowest BCUT2D eigenvalue weighted by atomic mass is 9.99. The van der Waals surface area contributed by atoms with Gasteiger partial charge in [-0.05, 0) is 6.42 Å². The second-order valence-corrected chi connectivity index (χ2v) is 3.44. The van der Waals surface area contributed by atoms with Gasteiger partial charge in [0, 0.05) is 18.8 Å². The Morgan fingerprint density at radius 2 is 2.11 bits per heavy atom. The molecule has 1 rings (SSSR count). The van der Waals surface area contributed by atoms with Crippen LogP contribution in [0.15, 0.2) is 11.0 Å². The van der Waals surface area contributed by atoms with Gasteiger partial charge in [-0.15, -0.1) is 0 Å². The van der Waals surface area contributed by atoms with Crippen LogP contribution in [-0.2, 0) is 13.5 Å². The number of aryl methyl sites for hydroxylation is 1. The first-order valence-electron chi connectivity index (χ1n) is 5.67. The highest BCUT2D eigenvalue weighted by Crippen LogP contribution is 2.14. The maximum atomic E-state index is 11.1. The van der Waals surface area contributed by atoms with Gasteiger partial charge in [0.05, 0.1) is 24.5 Å². The Morgan fingerprint density at radius 1 is 1.50 bits per heavy atom. The molecule has 96 valence electrons. The van der Waals surface area contributed by atoms with Crippen LogP contribution in [0, 0.1) is 28.6 Å². The molecule has 6 heteroatoms. The fourth-order valence-corrected chi connectivity index (χ4v) is 1.31. The molecule has 1 aromatic heterocycles. The van der Waals surface area contributed by atoms with E-state index in [0.29, 0.717) is 12.0 Å². The summed E-state index contributed by atoms with van der Waals surface area (Å²) in [6.45, 7) is 4.00. The van der Waals surface area contributed by atoms with Crippen LogP contribution < -0.4 is 11.4 Å². The Balaban J connectivity index is 0.00000137. The fraction of sp³-hybridized carbons (Fsp3) is 0.500. The molecule has 6 nitrogen and oxygen atoms in total. The normalized spacial score (nSPS) is 10.5. The molecule has 1 heterocycles. The third-order valence-corrected chi connectivity index (χ3v) is 2.18. The molecule has 0 bridgehead atoms. The van der Waals surface area contributed by atoms with E-state index >= 15 is 0 Å². The maximum Gasteiger partial charge on any atom is 0.349 e. The third-order valence-electron chi connectivity index (χ3n) is 2.18. The number of rotatable bonds is 3. The number of hydrogen-bond donors (Lipinski definition) is 1. The van der Waals surface area contributed by atoms with Crippen molar-refractivity contribution in [2.75, 3.05) is 5.73 Å². The van der Waals surface area contributed by atoms with Crippen molar-refractivity contribution in [3.8, 4) is 12.1 Å². The molecule has 0 aliphatic heterocycles. The molecule has 18 heavy (non-hydrogen) atoms. The summed E-state index contributed by atoms with van der Waals surface area (Å²) in [5, 5.41) is 17.3. The van der Waals surface area contributed by atoms with Crippen molar-refractivity contribution >= 4 is 5.82 Å². The second kappa shape index (κ2) is 7.86. The summed E-state index contributed by atoms with van der Waals surface area (Å²) in [7, 11) is 1.56. The van der Waals surface area contributed by atoms with Crippen LogP contribution >= 0.6 is 0 Å². The highest BCUT2D eigenvalue weighted by molar-refractivity contribution is 5.37. The molecule has 1 atom stereocenters. The molecule has 0 amide bonds. The van der Waals surface area contributed by atoms with Gasteiger partial charge in [0.15, 0.2) is 0 Å². The molecule has 0 saturated heterocycles. The molecule has 0 fully saturated rings. The summed E-state index contributed by atoms with van der Waals surface area (Å²) < 4.78 is 1.30. The molecule has 1 aromatic rings. The minimum atomic E-state index is -0.435. The molecular formula is C12H17N5O. The number of hydrogen-bond acceptors (Lipinski definition) is 5. The van der Waals surface area contributed by atoms with Gasteiger partial charge in [-0.2, -0.15) is 15.5 Å². The monoisotopic (exact) mass is 247 g/mol. The summed E-state index contributed by atoms with van der Waals surface area (Å²) in [5.74, 6) is -0.298. The summed E-state index contributed by atoms with van der Waals surface area (Å²) >= 11 is 0. The van der Waals surface area contributed by atoms with Crippen LogP contribution in [0.1, 0.15) is 25.8 Å². The topological polar surface area (TPSA) is 108 Å². The van der Waals surface area contributed by atoms with E-state index in [-0.39, 0.29) is 12.2 Å². The molecule has 0 aromatic carbocycles. The van der Waals surface area contributed by atoms with Gasteiger partial charge in [-0.25, -0.2) is 4.79 Å². The first kappa shape index (κ1) is 15.7. The minimum Gasteiger partial charge on any atom is -0.383 e. The molecule has 0 aliphatic carbocycles. The van der Waals surface area contributed by atoms with Gasteiger partial charge >= 0.3 is 5.69 Å². The number of anilines is 1. The Kier molecular flexibility index (Phi) is 6.83. The molecule has 0 radical (unpaired) electrons. The van der Waals surface area contributed by atoms with Crippen molar-refractivity contribution in [2.45, 2.75) is 26.7 Å². The third kappa shape index (κ3) is 4.26. The van der Waals surface area contributed by atoms with E-state index in [4.69, 9.17) is 16.3 Å². The lowest BCUT2D eigenvalue weighted by Gasteiger charge is -2.08. The van der Waals surface area contributed by atoms with E-state index in [9.17, 15) is 4.79 Å². The predicted molar refractivity (Wildman–Crippen MR) is 68.3 cm³/mol. The molecular weight excluding hydrogens is 230 g/mol. The van der Waals surface area contributed by atoms with Crippen LogP contribution in [0.25, 0.3) is 0 Å². The van der Waals surface area contributed by atoms with Crippen molar-refractivity contribution in [3.05, 3.63) is 22.2 Å². The highest BCUT2D eigenvalue weighted by Gasteiger charge is 2.12. The van der Waals surface area contributed by atoms with Crippen molar-refractivity contribution in [3.63, 3.8) is 0 Å². The molecule has 0 aliphatic rings. The summed E-state index contributed by atoms with van der Waals surface area (Å²) in [6.07, 6.45) is 2.02. The van der Waals surface area contributed by atoms with Crippen LogP contribution in [0.2, 0.25) is 0 Å².